The van der Waals surface area contributed by atoms with Crippen LogP contribution >= 0.6 is 7.82 Å². The monoisotopic (exact) mass is 312 g/mol. The van der Waals surface area contributed by atoms with E-state index in [2.05, 4.69) is 25.3 Å². The van der Waals surface area contributed by atoms with Gasteiger partial charge in [0.25, 0.3) is 0 Å². The molecule has 7 heteroatoms. The minimum atomic E-state index is -4.45. The van der Waals surface area contributed by atoms with Gasteiger partial charge in [-0.05, 0) is 32.1 Å². The summed E-state index contributed by atoms with van der Waals surface area (Å²) in [7, 11) is -4.45. The molecule has 0 fully saturated rings. The van der Waals surface area contributed by atoms with Crippen molar-refractivity contribution in [2.75, 3.05) is 26.4 Å². The van der Waals surface area contributed by atoms with Crippen molar-refractivity contribution in [3.63, 3.8) is 0 Å². The van der Waals surface area contributed by atoms with Gasteiger partial charge in [0, 0.05) is 13.2 Å². The van der Waals surface area contributed by atoms with Crippen molar-refractivity contribution in [1.82, 2.24) is 0 Å². The maximum atomic E-state index is 10.7. The number of hydrogen-bond acceptors (Lipinski definition) is 4. The Morgan fingerprint density at radius 2 is 1.30 bits per heavy atom. The Kier molecular flexibility index (Phi) is 8.48. The minimum Gasteiger partial charge on any atom is -0.379 e. The second-order valence-electron chi connectivity index (χ2n) is 6.63. The molecule has 0 aliphatic heterocycles. The molecule has 20 heavy (non-hydrogen) atoms. The Bertz CT molecular complexity index is 304. The van der Waals surface area contributed by atoms with Gasteiger partial charge in [-0.2, -0.15) is 0 Å². The lowest BCUT2D eigenvalue weighted by molar-refractivity contribution is 0.00365. The Morgan fingerprint density at radius 1 is 0.850 bits per heavy atom. The molecule has 0 radical (unpaired) electrons. The fraction of sp³-hybridized carbons (Fsp3) is 1.00. The van der Waals surface area contributed by atoms with E-state index in [-0.39, 0.29) is 5.41 Å². The van der Waals surface area contributed by atoms with E-state index in [1.807, 2.05) is 0 Å². The Balaban J connectivity index is 3.55. The first-order valence-corrected chi connectivity index (χ1v) is 8.36. The van der Waals surface area contributed by atoms with E-state index in [1.165, 1.54) is 0 Å². The van der Waals surface area contributed by atoms with Gasteiger partial charge in [-0.3, -0.25) is 4.52 Å². The molecule has 0 spiro atoms. The van der Waals surface area contributed by atoms with Gasteiger partial charge in [0.1, 0.15) is 0 Å². The topological polar surface area (TPSA) is 85.2 Å². The number of rotatable bonds is 10. The summed E-state index contributed by atoms with van der Waals surface area (Å²) in [4.78, 5) is 17.5. The highest BCUT2D eigenvalue weighted by atomic mass is 31.2. The first kappa shape index (κ1) is 20.0. The highest BCUT2D eigenvalue weighted by molar-refractivity contribution is 7.46. The van der Waals surface area contributed by atoms with Crippen molar-refractivity contribution in [2.24, 2.45) is 5.41 Å². The highest BCUT2D eigenvalue weighted by Gasteiger charge is 2.28. The van der Waals surface area contributed by atoms with Gasteiger partial charge in [-0.25, -0.2) is 4.57 Å². The molecule has 122 valence electrons. The summed E-state index contributed by atoms with van der Waals surface area (Å²) < 4.78 is 26.2. The van der Waals surface area contributed by atoms with E-state index in [0.717, 1.165) is 6.42 Å². The van der Waals surface area contributed by atoms with E-state index in [4.69, 9.17) is 19.3 Å². The van der Waals surface area contributed by atoms with Crippen LogP contribution in [0.3, 0.4) is 0 Å². The van der Waals surface area contributed by atoms with Crippen LogP contribution in [0.2, 0.25) is 0 Å². The van der Waals surface area contributed by atoms with Crippen molar-refractivity contribution < 1.29 is 28.3 Å². The van der Waals surface area contributed by atoms with Gasteiger partial charge < -0.3 is 19.3 Å². The van der Waals surface area contributed by atoms with Crippen molar-refractivity contribution in [3.05, 3.63) is 0 Å². The molecular formula is C13H29O6P. The third-order valence-corrected chi connectivity index (χ3v) is 3.31. The molecule has 0 unspecified atom stereocenters. The van der Waals surface area contributed by atoms with Gasteiger partial charge in [0.15, 0.2) is 0 Å². The van der Waals surface area contributed by atoms with E-state index in [9.17, 15) is 4.57 Å². The van der Waals surface area contributed by atoms with Crippen LogP contribution in [0.15, 0.2) is 0 Å². The Hall–Kier alpha value is 0.0300. The number of phosphoric acid groups is 1. The van der Waals surface area contributed by atoms with Crippen molar-refractivity contribution in [3.8, 4) is 0 Å². The third-order valence-electron chi connectivity index (χ3n) is 2.58. The average Bonchev–Trinajstić information content (AvgIpc) is 2.16. The standard InChI is InChI=1S/C13H29O6P/c1-12(2,3)6-8-17-10-11-18-9-7-13(4,5)19-20(14,15)16/h6-11H2,1-5H3,(H2,14,15,16). The van der Waals surface area contributed by atoms with Crippen molar-refractivity contribution in [1.29, 1.82) is 0 Å². The molecule has 0 atom stereocenters. The van der Waals surface area contributed by atoms with Crippen LogP contribution in [0.5, 0.6) is 0 Å². The normalized spacial score (nSPS) is 13.8. The summed E-state index contributed by atoms with van der Waals surface area (Å²) in [6.07, 6.45) is 1.40. The van der Waals surface area contributed by atoms with Gasteiger partial charge in [0.2, 0.25) is 0 Å². The van der Waals surface area contributed by atoms with E-state index in [1.54, 1.807) is 13.8 Å². The maximum Gasteiger partial charge on any atom is 0.470 e. The van der Waals surface area contributed by atoms with Gasteiger partial charge >= 0.3 is 7.82 Å². The molecule has 0 aromatic carbocycles. The molecule has 0 saturated carbocycles. The summed E-state index contributed by atoms with van der Waals surface area (Å²) in [5, 5.41) is 0. The lowest BCUT2D eigenvalue weighted by Gasteiger charge is -2.25. The van der Waals surface area contributed by atoms with E-state index >= 15 is 0 Å². The van der Waals surface area contributed by atoms with Crippen LogP contribution in [0.25, 0.3) is 0 Å². The fourth-order valence-electron chi connectivity index (χ4n) is 1.39. The van der Waals surface area contributed by atoms with Crippen LogP contribution in [-0.4, -0.2) is 41.8 Å². The van der Waals surface area contributed by atoms with Crippen molar-refractivity contribution >= 4 is 7.82 Å². The van der Waals surface area contributed by atoms with Crippen LogP contribution < -0.4 is 0 Å². The SMILES string of the molecule is CC(C)(C)CCOCCOCCC(C)(C)OP(=O)(O)O. The quantitative estimate of drug-likeness (QED) is 0.476. The molecule has 0 saturated heterocycles. The summed E-state index contributed by atoms with van der Waals surface area (Å²) in [5.41, 5.74) is -0.642. The minimum absolute atomic E-state index is 0.269. The second kappa shape index (κ2) is 8.47. The number of phosphoric ester groups is 1. The Labute approximate surface area is 122 Å². The molecule has 0 aliphatic carbocycles. The predicted octanol–water partition coefficient (Wildman–Crippen LogP) is 2.73. The van der Waals surface area contributed by atoms with E-state index < -0.39 is 13.4 Å². The first-order chi connectivity index (χ1) is 8.91. The van der Waals surface area contributed by atoms with Crippen LogP contribution in [0.4, 0.5) is 0 Å². The summed E-state index contributed by atoms with van der Waals surface area (Å²) >= 11 is 0. The number of hydrogen-bond donors (Lipinski definition) is 2. The van der Waals surface area contributed by atoms with Crippen molar-refractivity contribution in [2.45, 2.75) is 53.1 Å². The zero-order valence-corrected chi connectivity index (χ0v) is 14.1. The highest BCUT2D eigenvalue weighted by Crippen LogP contribution is 2.42. The first-order valence-electron chi connectivity index (χ1n) is 6.83. The van der Waals surface area contributed by atoms with E-state index in [0.29, 0.717) is 32.8 Å². The zero-order valence-electron chi connectivity index (χ0n) is 13.2. The van der Waals surface area contributed by atoms with Gasteiger partial charge in [0.05, 0.1) is 18.8 Å². The van der Waals surface area contributed by atoms with Gasteiger partial charge in [-0.15, -0.1) is 0 Å². The van der Waals surface area contributed by atoms with Gasteiger partial charge in [-0.1, -0.05) is 20.8 Å². The smallest absolute Gasteiger partial charge is 0.379 e. The lowest BCUT2D eigenvalue weighted by atomic mass is 9.93. The second-order valence-corrected chi connectivity index (χ2v) is 7.79. The molecule has 0 aromatic heterocycles. The number of ether oxygens (including phenoxy) is 2. The summed E-state index contributed by atoms with van der Waals surface area (Å²) in [5.74, 6) is 0. The molecular weight excluding hydrogens is 283 g/mol. The maximum absolute atomic E-state index is 10.7. The van der Waals surface area contributed by atoms with Crippen LogP contribution in [-0.2, 0) is 18.6 Å². The molecule has 2 N–H and O–H groups in total. The molecule has 0 aromatic rings. The van der Waals surface area contributed by atoms with Crippen LogP contribution in [0, 0.1) is 5.41 Å². The molecule has 0 bridgehead atoms. The third kappa shape index (κ3) is 14.4. The summed E-state index contributed by atoms with van der Waals surface area (Å²) in [6.45, 7) is 11.8. The molecule has 0 rings (SSSR count). The lowest BCUT2D eigenvalue weighted by Crippen LogP contribution is -2.25. The largest absolute Gasteiger partial charge is 0.470 e. The Morgan fingerprint density at radius 3 is 1.70 bits per heavy atom. The fourth-order valence-corrected chi connectivity index (χ4v) is 2.12. The molecule has 6 nitrogen and oxygen atoms in total. The zero-order chi connectivity index (χ0) is 15.9. The molecule has 0 heterocycles. The molecule has 0 amide bonds. The summed E-state index contributed by atoms with van der Waals surface area (Å²) in [6, 6.07) is 0. The molecule has 0 aliphatic rings. The predicted molar refractivity (Wildman–Crippen MR) is 77.5 cm³/mol. The van der Waals surface area contributed by atoms with Crippen LogP contribution in [0.1, 0.15) is 47.5 Å². The average molecular weight is 312 g/mol.